The van der Waals surface area contributed by atoms with Gasteiger partial charge in [-0.25, -0.2) is 17.8 Å². The second-order valence-corrected chi connectivity index (χ2v) is 5.78. The fourth-order valence-corrected chi connectivity index (χ4v) is 2.34. The molecule has 1 aromatic heterocycles. The molecule has 7 heteroatoms. The smallest absolute Gasteiger partial charge is 0.240 e. The van der Waals surface area contributed by atoms with Gasteiger partial charge in [-0.1, -0.05) is 0 Å². The van der Waals surface area contributed by atoms with E-state index in [2.05, 4.69) is 9.82 Å². The first-order valence-corrected chi connectivity index (χ1v) is 6.77. The molecule has 0 saturated heterocycles. The number of hydrogen-bond donors (Lipinski definition) is 2. The minimum atomic E-state index is -3.47. The van der Waals surface area contributed by atoms with Crippen LogP contribution in [0.5, 0.6) is 0 Å². The molecule has 1 aromatic carbocycles. The number of nitrogen functional groups attached to an aromatic ring is 1. The minimum absolute atomic E-state index is 0.134. The van der Waals surface area contributed by atoms with E-state index in [1.165, 1.54) is 19.2 Å². The number of nitrogens with one attached hydrogen (secondary N) is 1. The second kappa shape index (κ2) is 4.43. The Hall–Kier alpha value is -1.86. The Morgan fingerprint density at radius 2 is 2.11 bits per heavy atom. The molecule has 0 radical (unpaired) electrons. The van der Waals surface area contributed by atoms with Gasteiger partial charge >= 0.3 is 0 Å². The van der Waals surface area contributed by atoms with Gasteiger partial charge in [-0.15, -0.1) is 0 Å². The van der Waals surface area contributed by atoms with Crippen molar-refractivity contribution in [2.45, 2.75) is 11.8 Å². The van der Waals surface area contributed by atoms with Gasteiger partial charge in [0.2, 0.25) is 10.0 Å². The molecule has 2 aromatic rings. The Bertz CT molecular complexity index is 676. The van der Waals surface area contributed by atoms with Gasteiger partial charge in [0.15, 0.2) is 0 Å². The summed E-state index contributed by atoms with van der Waals surface area (Å²) in [6.45, 7) is 1.92. The van der Waals surface area contributed by atoms with Gasteiger partial charge < -0.3 is 5.73 Å². The van der Waals surface area contributed by atoms with Crippen LogP contribution in [0.15, 0.2) is 35.5 Å². The largest absolute Gasteiger partial charge is 0.397 e. The predicted octanol–water partition coefficient (Wildman–Crippen LogP) is 0.671. The molecule has 0 aliphatic heterocycles. The van der Waals surface area contributed by atoms with Crippen molar-refractivity contribution in [1.29, 1.82) is 0 Å². The summed E-state index contributed by atoms with van der Waals surface area (Å²) in [6.07, 6.45) is 3.52. The number of aromatic nitrogens is 2. The van der Waals surface area contributed by atoms with Gasteiger partial charge in [0, 0.05) is 6.20 Å². The molecule has 0 atom stereocenters. The molecule has 0 bridgehead atoms. The van der Waals surface area contributed by atoms with Crippen molar-refractivity contribution < 1.29 is 8.42 Å². The highest BCUT2D eigenvalue weighted by atomic mass is 32.2. The molecule has 0 aliphatic rings. The van der Waals surface area contributed by atoms with Crippen molar-refractivity contribution in [3.8, 4) is 5.69 Å². The van der Waals surface area contributed by atoms with Crippen molar-refractivity contribution in [2.24, 2.45) is 0 Å². The van der Waals surface area contributed by atoms with Crippen LogP contribution in [0.1, 0.15) is 5.56 Å². The molecule has 2 rings (SSSR count). The normalized spacial score (nSPS) is 11.7. The molecule has 0 aliphatic carbocycles. The number of anilines is 1. The van der Waals surface area contributed by atoms with E-state index in [0.29, 0.717) is 11.4 Å². The molecular weight excluding hydrogens is 252 g/mol. The van der Waals surface area contributed by atoms with Crippen molar-refractivity contribution in [1.82, 2.24) is 14.5 Å². The lowest BCUT2D eigenvalue weighted by Crippen LogP contribution is -2.18. The van der Waals surface area contributed by atoms with Crippen LogP contribution >= 0.6 is 0 Å². The zero-order chi connectivity index (χ0) is 13.3. The Balaban J connectivity index is 2.49. The third kappa shape index (κ3) is 2.22. The maximum atomic E-state index is 11.6. The Kier molecular flexibility index (Phi) is 3.10. The van der Waals surface area contributed by atoms with Crippen LogP contribution in [0.3, 0.4) is 0 Å². The molecule has 96 valence electrons. The Morgan fingerprint density at radius 1 is 1.39 bits per heavy atom. The van der Waals surface area contributed by atoms with E-state index in [1.807, 2.05) is 13.1 Å². The molecular formula is C11H14N4O2S. The number of hydrogen-bond acceptors (Lipinski definition) is 4. The van der Waals surface area contributed by atoms with Crippen molar-refractivity contribution in [2.75, 3.05) is 12.8 Å². The van der Waals surface area contributed by atoms with Crippen LogP contribution in [-0.4, -0.2) is 25.2 Å². The first-order valence-electron chi connectivity index (χ1n) is 5.29. The van der Waals surface area contributed by atoms with E-state index in [1.54, 1.807) is 16.9 Å². The number of benzene rings is 1. The van der Waals surface area contributed by atoms with E-state index in [-0.39, 0.29) is 4.90 Å². The lowest BCUT2D eigenvalue weighted by Gasteiger charge is -2.08. The van der Waals surface area contributed by atoms with Crippen LogP contribution in [-0.2, 0) is 10.0 Å². The van der Waals surface area contributed by atoms with Crippen LogP contribution in [0.25, 0.3) is 5.69 Å². The molecule has 0 unspecified atom stereocenters. The van der Waals surface area contributed by atoms with Crippen LogP contribution in [0.2, 0.25) is 0 Å². The highest BCUT2D eigenvalue weighted by Gasteiger charge is 2.13. The molecule has 0 fully saturated rings. The lowest BCUT2D eigenvalue weighted by molar-refractivity contribution is 0.588. The average molecular weight is 266 g/mol. The fraction of sp³-hybridized carbons (Fsp3) is 0.182. The Morgan fingerprint density at radius 3 is 2.61 bits per heavy atom. The van der Waals surface area contributed by atoms with Gasteiger partial charge in [-0.2, -0.15) is 5.10 Å². The average Bonchev–Trinajstić information content (AvgIpc) is 2.75. The maximum absolute atomic E-state index is 11.6. The van der Waals surface area contributed by atoms with E-state index in [0.717, 1.165) is 5.56 Å². The number of nitrogens with zero attached hydrogens (tertiary/aromatic N) is 2. The van der Waals surface area contributed by atoms with E-state index in [9.17, 15) is 8.42 Å². The standard InChI is InChI=1S/C11H14N4O2S/c1-8-6-14-15(7-8)11-4-3-9(5-10(11)12)18(16,17)13-2/h3-7,13H,12H2,1-2H3. The molecule has 0 saturated carbocycles. The quantitative estimate of drug-likeness (QED) is 0.799. The molecule has 3 N–H and O–H groups in total. The molecule has 1 heterocycles. The third-order valence-corrected chi connectivity index (χ3v) is 3.95. The summed E-state index contributed by atoms with van der Waals surface area (Å²) in [6, 6.07) is 4.54. The van der Waals surface area contributed by atoms with Crippen molar-refractivity contribution in [3.63, 3.8) is 0 Å². The monoisotopic (exact) mass is 266 g/mol. The summed E-state index contributed by atoms with van der Waals surface area (Å²) in [5.74, 6) is 0. The van der Waals surface area contributed by atoms with Gasteiger partial charge in [0.1, 0.15) is 0 Å². The first-order chi connectivity index (χ1) is 8.44. The minimum Gasteiger partial charge on any atom is -0.397 e. The van der Waals surface area contributed by atoms with Gasteiger partial charge in [-0.05, 0) is 37.7 Å². The number of nitrogens with two attached hydrogens (primary N) is 1. The predicted molar refractivity (Wildman–Crippen MR) is 69.0 cm³/mol. The maximum Gasteiger partial charge on any atom is 0.240 e. The SMILES string of the molecule is CNS(=O)(=O)c1ccc(-n2cc(C)cn2)c(N)c1. The fourth-order valence-electron chi connectivity index (χ4n) is 1.57. The van der Waals surface area contributed by atoms with Gasteiger partial charge in [-0.3, -0.25) is 0 Å². The zero-order valence-corrected chi connectivity index (χ0v) is 10.9. The molecule has 0 spiro atoms. The lowest BCUT2D eigenvalue weighted by atomic mass is 10.3. The van der Waals surface area contributed by atoms with Crippen molar-refractivity contribution >= 4 is 15.7 Å². The summed E-state index contributed by atoms with van der Waals surface area (Å²) < 4.78 is 27.1. The third-order valence-electron chi connectivity index (χ3n) is 2.54. The summed E-state index contributed by atoms with van der Waals surface area (Å²) >= 11 is 0. The van der Waals surface area contributed by atoms with Crippen LogP contribution in [0, 0.1) is 6.92 Å². The van der Waals surface area contributed by atoms with Crippen molar-refractivity contribution in [3.05, 3.63) is 36.2 Å². The topological polar surface area (TPSA) is 90.0 Å². The molecule has 18 heavy (non-hydrogen) atoms. The highest BCUT2D eigenvalue weighted by molar-refractivity contribution is 7.89. The molecule has 0 amide bonds. The van der Waals surface area contributed by atoms with E-state index < -0.39 is 10.0 Å². The van der Waals surface area contributed by atoms with Crippen LogP contribution < -0.4 is 10.5 Å². The van der Waals surface area contributed by atoms with Gasteiger partial charge in [0.25, 0.3) is 0 Å². The second-order valence-electron chi connectivity index (χ2n) is 3.89. The highest BCUT2D eigenvalue weighted by Crippen LogP contribution is 2.21. The number of aryl methyl sites for hydroxylation is 1. The summed E-state index contributed by atoms with van der Waals surface area (Å²) in [4.78, 5) is 0.134. The zero-order valence-electron chi connectivity index (χ0n) is 10.1. The van der Waals surface area contributed by atoms with E-state index in [4.69, 9.17) is 5.73 Å². The van der Waals surface area contributed by atoms with Crippen LogP contribution in [0.4, 0.5) is 5.69 Å². The number of sulfonamides is 1. The Labute approximate surface area is 105 Å². The summed E-state index contributed by atoms with van der Waals surface area (Å²) in [5.41, 5.74) is 7.87. The summed E-state index contributed by atoms with van der Waals surface area (Å²) in [5, 5.41) is 4.13. The van der Waals surface area contributed by atoms with E-state index >= 15 is 0 Å². The number of rotatable bonds is 3. The van der Waals surface area contributed by atoms with Gasteiger partial charge in [0.05, 0.1) is 22.5 Å². The summed E-state index contributed by atoms with van der Waals surface area (Å²) in [7, 11) is -2.12. The molecule has 6 nitrogen and oxygen atoms in total. The first kappa shape index (κ1) is 12.6.